The highest BCUT2D eigenvalue weighted by molar-refractivity contribution is 7.22. The molecule has 2 N–H and O–H groups in total. The van der Waals surface area contributed by atoms with Crippen LogP contribution in [0, 0.1) is 0 Å². The minimum Gasteiger partial charge on any atom is -0.385 e. The molecule has 6 aromatic rings. The number of nitrogens with zero attached hydrogens (tertiary/aromatic N) is 2. The molecule has 0 spiro atoms. The molecule has 2 heterocycles. The Morgan fingerprint density at radius 3 is 1.37 bits per heavy atom. The summed E-state index contributed by atoms with van der Waals surface area (Å²) < 4.78 is 2.45. The number of benzene rings is 4. The minimum absolute atomic E-state index is 0.914. The number of rotatable bonds is 8. The quantitative estimate of drug-likeness (QED) is 0.210. The highest BCUT2D eigenvalue weighted by Gasteiger charge is 2.07. The Balaban J connectivity index is 0.979. The zero-order valence-corrected chi connectivity index (χ0v) is 20.7. The van der Waals surface area contributed by atoms with Crippen molar-refractivity contribution in [3.63, 3.8) is 0 Å². The predicted octanol–water partition coefficient (Wildman–Crippen LogP) is 8.15. The molecule has 0 aliphatic rings. The van der Waals surface area contributed by atoms with E-state index in [0.29, 0.717) is 0 Å². The molecule has 0 bridgehead atoms. The van der Waals surface area contributed by atoms with Crippen molar-refractivity contribution in [1.82, 2.24) is 9.97 Å². The van der Waals surface area contributed by atoms with Gasteiger partial charge in [-0.15, -0.1) is 22.7 Å². The second-order valence-corrected chi connectivity index (χ2v) is 10.4. The Morgan fingerprint density at radius 2 is 0.943 bits per heavy atom. The molecule has 4 nitrogen and oxygen atoms in total. The van der Waals surface area contributed by atoms with Crippen molar-refractivity contribution in [3.8, 4) is 21.1 Å². The van der Waals surface area contributed by atoms with E-state index in [1.165, 1.54) is 9.40 Å². The number of anilines is 2. The van der Waals surface area contributed by atoms with E-state index >= 15 is 0 Å². The fourth-order valence-electron chi connectivity index (χ4n) is 4.01. The highest BCUT2D eigenvalue weighted by atomic mass is 32.1. The number of hydrogen-bond donors (Lipinski definition) is 2. The minimum atomic E-state index is 0.914. The van der Waals surface area contributed by atoms with E-state index in [2.05, 4.69) is 95.6 Å². The standard InChI is InChI=1S/C29H24N4S2/c1-3-8-26-24(6-1)32-28(34-26)20-10-14-22(15-11-20)30-18-5-19-31-23-16-12-21(13-17-23)29-33-25-7-2-4-9-27(25)35-29/h1-4,6-17,30-31H,5,18-19H2. The van der Waals surface area contributed by atoms with Crippen LogP contribution in [0.25, 0.3) is 41.6 Å². The summed E-state index contributed by atoms with van der Waals surface area (Å²) in [6, 6.07) is 33.7. The molecular weight excluding hydrogens is 468 g/mol. The van der Waals surface area contributed by atoms with Crippen LogP contribution in [0.1, 0.15) is 6.42 Å². The topological polar surface area (TPSA) is 49.8 Å². The molecule has 0 saturated heterocycles. The molecule has 4 aromatic carbocycles. The third-order valence-electron chi connectivity index (χ3n) is 5.86. The van der Waals surface area contributed by atoms with Gasteiger partial charge in [0.05, 0.1) is 20.4 Å². The zero-order chi connectivity index (χ0) is 23.5. The van der Waals surface area contributed by atoms with Crippen LogP contribution in [-0.4, -0.2) is 23.1 Å². The Morgan fingerprint density at radius 1 is 0.514 bits per heavy atom. The van der Waals surface area contributed by atoms with E-state index in [9.17, 15) is 0 Å². The predicted molar refractivity (Wildman–Crippen MR) is 152 cm³/mol. The second-order valence-electron chi connectivity index (χ2n) is 8.34. The summed E-state index contributed by atoms with van der Waals surface area (Å²) in [5, 5.41) is 9.16. The fourth-order valence-corrected chi connectivity index (χ4v) is 5.95. The number of fused-ring (bicyclic) bond motifs is 2. The number of thiazole rings is 2. The summed E-state index contributed by atoms with van der Waals surface area (Å²) in [6.07, 6.45) is 1.03. The van der Waals surface area contributed by atoms with Gasteiger partial charge in [-0.2, -0.15) is 0 Å². The molecular formula is C29H24N4S2. The zero-order valence-electron chi connectivity index (χ0n) is 19.1. The summed E-state index contributed by atoms with van der Waals surface area (Å²) in [6.45, 7) is 1.83. The molecule has 6 heteroatoms. The van der Waals surface area contributed by atoms with Gasteiger partial charge in [0.15, 0.2) is 0 Å². The van der Waals surface area contributed by atoms with E-state index in [4.69, 9.17) is 9.97 Å². The third kappa shape index (κ3) is 4.90. The molecule has 0 radical (unpaired) electrons. The first kappa shape index (κ1) is 21.8. The van der Waals surface area contributed by atoms with Gasteiger partial charge in [-0.05, 0) is 79.2 Å². The first-order valence-corrected chi connectivity index (χ1v) is 13.3. The van der Waals surface area contributed by atoms with Crippen LogP contribution >= 0.6 is 22.7 Å². The molecule has 6 rings (SSSR count). The second kappa shape index (κ2) is 9.86. The summed E-state index contributed by atoms with van der Waals surface area (Å²) in [7, 11) is 0. The molecule has 0 aliphatic heterocycles. The van der Waals surface area contributed by atoms with Gasteiger partial charge in [0.2, 0.25) is 0 Å². The SMILES string of the molecule is c1ccc2sc(-c3ccc(NCCCNc4ccc(-c5nc6ccccc6s5)cc4)cc3)nc2c1. The molecule has 0 unspecified atom stereocenters. The summed E-state index contributed by atoms with van der Waals surface area (Å²) in [5.74, 6) is 0. The largest absolute Gasteiger partial charge is 0.385 e. The molecule has 0 aliphatic carbocycles. The first-order valence-electron chi connectivity index (χ1n) is 11.7. The molecule has 35 heavy (non-hydrogen) atoms. The fraction of sp³-hybridized carbons (Fsp3) is 0.103. The number of aromatic nitrogens is 2. The van der Waals surface area contributed by atoms with Gasteiger partial charge in [-0.25, -0.2) is 9.97 Å². The average molecular weight is 493 g/mol. The van der Waals surface area contributed by atoms with Crippen molar-refractivity contribution in [3.05, 3.63) is 97.1 Å². The maximum atomic E-state index is 4.75. The molecule has 172 valence electrons. The van der Waals surface area contributed by atoms with Gasteiger partial charge in [-0.3, -0.25) is 0 Å². The van der Waals surface area contributed by atoms with Gasteiger partial charge in [0.25, 0.3) is 0 Å². The summed E-state index contributed by atoms with van der Waals surface area (Å²) >= 11 is 3.47. The van der Waals surface area contributed by atoms with E-state index in [1.807, 2.05) is 12.1 Å². The van der Waals surface area contributed by atoms with Crippen molar-refractivity contribution in [1.29, 1.82) is 0 Å². The monoisotopic (exact) mass is 492 g/mol. The molecule has 0 amide bonds. The Hall–Kier alpha value is -3.74. The molecule has 0 atom stereocenters. The summed E-state index contributed by atoms with van der Waals surface area (Å²) in [5.41, 5.74) is 6.72. The van der Waals surface area contributed by atoms with Crippen LogP contribution in [0.5, 0.6) is 0 Å². The van der Waals surface area contributed by atoms with Crippen LogP contribution in [0.15, 0.2) is 97.1 Å². The molecule has 0 saturated carbocycles. The lowest BCUT2D eigenvalue weighted by atomic mass is 10.2. The van der Waals surface area contributed by atoms with Gasteiger partial charge in [0, 0.05) is 35.6 Å². The Labute approximate surface area is 212 Å². The molecule has 0 fully saturated rings. The van der Waals surface area contributed by atoms with Gasteiger partial charge >= 0.3 is 0 Å². The lowest BCUT2D eigenvalue weighted by Gasteiger charge is -2.09. The maximum absolute atomic E-state index is 4.75. The van der Waals surface area contributed by atoms with Crippen LogP contribution in [0.2, 0.25) is 0 Å². The van der Waals surface area contributed by atoms with Crippen LogP contribution in [0.4, 0.5) is 11.4 Å². The smallest absolute Gasteiger partial charge is 0.124 e. The van der Waals surface area contributed by atoms with Gasteiger partial charge in [-0.1, -0.05) is 24.3 Å². The van der Waals surface area contributed by atoms with E-state index in [1.54, 1.807) is 22.7 Å². The third-order valence-corrected chi connectivity index (χ3v) is 8.03. The maximum Gasteiger partial charge on any atom is 0.124 e. The van der Waals surface area contributed by atoms with E-state index < -0.39 is 0 Å². The van der Waals surface area contributed by atoms with E-state index in [0.717, 1.165) is 63.1 Å². The van der Waals surface area contributed by atoms with Gasteiger partial charge < -0.3 is 10.6 Å². The number of hydrogen-bond acceptors (Lipinski definition) is 6. The van der Waals surface area contributed by atoms with Crippen LogP contribution in [0.3, 0.4) is 0 Å². The highest BCUT2D eigenvalue weighted by Crippen LogP contribution is 2.31. The van der Waals surface area contributed by atoms with Gasteiger partial charge in [0.1, 0.15) is 10.0 Å². The van der Waals surface area contributed by atoms with E-state index in [-0.39, 0.29) is 0 Å². The Kier molecular flexibility index (Phi) is 6.13. The summed E-state index contributed by atoms with van der Waals surface area (Å²) in [4.78, 5) is 9.49. The normalized spacial score (nSPS) is 11.2. The average Bonchev–Trinajstić information content (AvgIpc) is 3.54. The van der Waals surface area contributed by atoms with Crippen molar-refractivity contribution >= 4 is 54.5 Å². The van der Waals surface area contributed by atoms with Crippen LogP contribution in [-0.2, 0) is 0 Å². The lowest BCUT2D eigenvalue weighted by molar-refractivity contribution is 0.909. The molecule has 2 aromatic heterocycles. The van der Waals surface area contributed by atoms with Crippen LogP contribution < -0.4 is 10.6 Å². The van der Waals surface area contributed by atoms with Crippen molar-refractivity contribution in [2.75, 3.05) is 23.7 Å². The van der Waals surface area contributed by atoms with Crippen molar-refractivity contribution < 1.29 is 0 Å². The van der Waals surface area contributed by atoms with Crippen molar-refractivity contribution in [2.24, 2.45) is 0 Å². The lowest BCUT2D eigenvalue weighted by Crippen LogP contribution is -2.09. The van der Waals surface area contributed by atoms with Crippen molar-refractivity contribution in [2.45, 2.75) is 6.42 Å². The Bertz CT molecular complexity index is 1380. The first-order chi connectivity index (χ1) is 17.3. The number of para-hydroxylation sites is 2. The number of nitrogens with one attached hydrogen (secondary N) is 2.